The highest BCUT2D eigenvalue weighted by Gasteiger charge is 2.33. The molecule has 1 N–H and O–H groups in total. The van der Waals surface area contributed by atoms with Crippen molar-refractivity contribution in [2.75, 3.05) is 13.7 Å². The highest BCUT2D eigenvalue weighted by atomic mass is 35.5. The third-order valence-electron chi connectivity index (χ3n) is 3.09. The molecule has 1 aromatic rings. The van der Waals surface area contributed by atoms with Gasteiger partial charge in [0.2, 0.25) is 0 Å². The molecular formula is C12H15ClF3NO. The molecule has 2 rings (SSSR count). The number of hydrogen-bond acceptors (Lipinski definition) is 2. The number of nitrogens with one attached hydrogen (secondary N) is 1. The number of hydrogen-bond donors (Lipinski definition) is 1. The summed E-state index contributed by atoms with van der Waals surface area (Å²) in [5.41, 5.74) is 0.883. The van der Waals surface area contributed by atoms with E-state index in [4.69, 9.17) is 4.74 Å². The van der Waals surface area contributed by atoms with Crippen molar-refractivity contribution in [2.45, 2.75) is 25.2 Å². The number of fused-ring (bicyclic) bond motifs is 1. The molecule has 1 aromatic carbocycles. The van der Waals surface area contributed by atoms with Gasteiger partial charge in [-0.1, -0.05) is 6.07 Å². The molecule has 0 unspecified atom stereocenters. The van der Waals surface area contributed by atoms with Gasteiger partial charge in [-0.3, -0.25) is 0 Å². The maximum Gasteiger partial charge on any atom is 0.416 e. The molecule has 102 valence electrons. The van der Waals surface area contributed by atoms with Crippen LogP contribution >= 0.6 is 12.4 Å². The minimum Gasteiger partial charge on any atom is -0.372 e. The Morgan fingerprint density at radius 2 is 1.94 bits per heavy atom. The molecule has 1 heterocycles. The van der Waals surface area contributed by atoms with Crippen molar-refractivity contribution in [1.82, 2.24) is 5.32 Å². The van der Waals surface area contributed by atoms with Crippen molar-refractivity contribution in [3.8, 4) is 0 Å². The van der Waals surface area contributed by atoms with E-state index in [2.05, 4.69) is 5.32 Å². The van der Waals surface area contributed by atoms with Crippen molar-refractivity contribution >= 4 is 12.4 Å². The molecule has 6 heteroatoms. The highest BCUT2D eigenvalue weighted by molar-refractivity contribution is 5.85. The summed E-state index contributed by atoms with van der Waals surface area (Å²) in [4.78, 5) is 0. The van der Waals surface area contributed by atoms with Crippen LogP contribution in [0.25, 0.3) is 0 Å². The van der Waals surface area contributed by atoms with E-state index in [0.29, 0.717) is 12.2 Å². The van der Waals surface area contributed by atoms with Crippen LogP contribution in [-0.2, 0) is 10.9 Å². The molecule has 0 aliphatic carbocycles. The molecule has 2 nitrogen and oxygen atoms in total. The molecule has 0 saturated heterocycles. The van der Waals surface area contributed by atoms with Crippen LogP contribution in [0.1, 0.15) is 35.8 Å². The predicted molar refractivity (Wildman–Crippen MR) is 64.9 cm³/mol. The van der Waals surface area contributed by atoms with E-state index < -0.39 is 11.7 Å². The second-order valence-electron chi connectivity index (χ2n) is 4.16. The van der Waals surface area contributed by atoms with Crippen molar-refractivity contribution < 1.29 is 17.9 Å². The van der Waals surface area contributed by atoms with Crippen LogP contribution in [0.2, 0.25) is 0 Å². The zero-order chi connectivity index (χ0) is 12.6. The van der Waals surface area contributed by atoms with Gasteiger partial charge in [0.05, 0.1) is 24.3 Å². The first-order valence-electron chi connectivity index (χ1n) is 5.43. The van der Waals surface area contributed by atoms with Gasteiger partial charge in [-0.15, -0.1) is 12.4 Å². The Balaban J connectivity index is 0.00000162. The summed E-state index contributed by atoms with van der Waals surface area (Å²) in [7, 11) is 1.77. The first kappa shape index (κ1) is 15.3. The maximum absolute atomic E-state index is 12.6. The minimum absolute atomic E-state index is 0. The third kappa shape index (κ3) is 2.79. The van der Waals surface area contributed by atoms with Gasteiger partial charge in [0.1, 0.15) is 0 Å². The average Bonchev–Trinajstić information content (AvgIpc) is 2.28. The van der Waals surface area contributed by atoms with Crippen molar-refractivity contribution in [3.63, 3.8) is 0 Å². The van der Waals surface area contributed by atoms with Gasteiger partial charge in [-0.05, 0) is 37.2 Å². The SMILES string of the molecule is CN[C@H]1CO[C@@H](C)c2cc(C(F)(F)F)ccc21.Cl. The summed E-state index contributed by atoms with van der Waals surface area (Å²) in [6.45, 7) is 2.25. The fourth-order valence-corrected chi connectivity index (χ4v) is 2.08. The molecule has 0 aromatic heterocycles. The van der Waals surface area contributed by atoms with E-state index in [1.807, 2.05) is 0 Å². The Hall–Kier alpha value is -0.780. The fraction of sp³-hybridized carbons (Fsp3) is 0.500. The lowest BCUT2D eigenvalue weighted by Gasteiger charge is -2.30. The van der Waals surface area contributed by atoms with Crippen LogP contribution in [0.5, 0.6) is 0 Å². The molecule has 0 amide bonds. The van der Waals surface area contributed by atoms with Gasteiger partial charge in [0.25, 0.3) is 0 Å². The van der Waals surface area contributed by atoms with Gasteiger partial charge >= 0.3 is 6.18 Å². The Bertz CT molecular complexity index is 422. The molecule has 18 heavy (non-hydrogen) atoms. The van der Waals surface area contributed by atoms with Crippen LogP contribution in [0.3, 0.4) is 0 Å². The molecule has 0 saturated carbocycles. The Morgan fingerprint density at radius 1 is 1.28 bits per heavy atom. The summed E-state index contributed by atoms with van der Waals surface area (Å²) in [5.74, 6) is 0. The lowest BCUT2D eigenvalue weighted by Crippen LogP contribution is -2.28. The molecule has 1 aliphatic rings. The monoisotopic (exact) mass is 281 g/mol. The van der Waals surface area contributed by atoms with Gasteiger partial charge in [0.15, 0.2) is 0 Å². The van der Waals surface area contributed by atoms with Gasteiger partial charge in [-0.25, -0.2) is 0 Å². The zero-order valence-corrected chi connectivity index (χ0v) is 10.9. The topological polar surface area (TPSA) is 21.3 Å². The van der Waals surface area contributed by atoms with Gasteiger partial charge in [0, 0.05) is 0 Å². The molecule has 0 bridgehead atoms. The van der Waals surface area contributed by atoms with E-state index in [0.717, 1.165) is 11.6 Å². The molecule has 0 spiro atoms. The first-order valence-corrected chi connectivity index (χ1v) is 5.43. The fourth-order valence-electron chi connectivity index (χ4n) is 2.08. The zero-order valence-electron chi connectivity index (χ0n) is 10.0. The number of likely N-dealkylation sites (N-methyl/N-ethyl adjacent to an activating group) is 1. The van der Waals surface area contributed by atoms with Crippen LogP contribution in [0.4, 0.5) is 13.2 Å². The van der Waals surface area contributed by atoms with Crippen LogP contribution in [-0.4, -0.2) is 13.7 Å². The first-order chi connectivity index (χ1) is 7.93. The number of ether oxygens (including phenoxy) is 1. The highest BCUT2D eigenvalue weighted by Crippen LogP contribution is 2.37. The van der Waals surface area contributed by atoms with Crippen LogP contribution < -0.4 is 5.32 Å². The standard InChI is InChI=1S/C12H14F3NO.ClH/c1-7-10-5-8(12(13,14)15)3-4-9(10)11(16-2)6-17-7;/h3-5,7,11,16H,6H2,1-2H3;1H/t7-,11-;/m0./s1. The Kier molecular flexibility index (Phi) is 4.64. The Labute approximate surface area is 110 Å². The molecular weight excluding hydrogens is 267 g/mol. The van der Waals surface area contributed by atoms with Gasteiger partial charge in [-0.2, -0.15) is 13.2 Å². The maximum atomic E-state index is 12.6. The minimum atomic E-state index is -4.30. The predicted octanol–water partition coefficient (Wildman–Crippen LogP) is 3.48. The third-order valence-corrected chi connectivity index (χ3v) is 3.09. The van der Waals surface area contributed by atoms with E-state index in [-0.39, 0.29) is 24.6 Å². The summed E-state index contributed by atoms with van der Waals surface area (Å²) < 4.78 is 43.3. The summed E-state index contributed by atoms with van der Waals surface area (Å²) >= 11 is 0. The van der Waals surface area contributed by atoms with Crippen molar-refractivity contribution in [3.05, 3.63) is 34.9 Å². The summed E-state index contributed by atoms with van der Waals surface area (Å²) in [6, 6.07) is 3.81. The molecule has 0 fully saturated rings. The van der Waals surface area contributed by atoms with E-state index in [9.17, 15) is 13.2 Å². The molecule has 2 atom stereocenters. The molecule has 1 aliphatic heterocycles. The second-order valence-corrected chi connectivity index (χ2v) is 4.16. The van der Waals surface area contributed by atoms with E-state index >= 15 is 0 Å². The lowest BCUT2D eigenvalue weighted by molar-refractivity contribution is -0.137. The number of alkyl halides is 3. The average molecular weight is 282 g/mol. The van der Waals surface area contributed by atoms with Crippen LogP contribution in [0.15, 0.2) is 18.2 Å². The Morgan fingerprint density at radius 3 is 2.50 bits per heavy atom. The van der Waals surface area contributed by atoms with E-state index in [1.165, 1.54) is 6.07 Å². The second kappa shape index (κ2) is 5.47. The number of halogens is 4. The smallest absolute Gasteiger partial charge is 0.372 e. The van der Waals surface area contributed by atoms with Crippen LogP contribution in [0, 0.1) is 0 Å². The lowest BCUT2D eigenvalue weighted by atomic mass is 9.93. The number of benzene rings is 1. The quantitative estimate of drug-likeness (QED) is 0.851. The summed E-state index contributed by atoms with van der Waals surface area (Å²) in [6.07, 6.45) is -4.60. The summed E-state index contributed by atoms with van der Waals surface area (Å²) in [5, 5.41) is 3.03. The largest absolute Gasteiger partial charge is 0.416 e. The molecule has 0 radical (unpaired) electrons. The van der Waals surface area contributed by atoms with Gasteiger partial charge < -0.3 is 10.1 Å². The van der Waals surface area contributed by atoms with E-state index in [1.54, 1.807) is 20.0 Å². The van der Waals surface area contributed by atoms with Crippen molar-refractivity contribution in [2.24, 2.45) is 0 Å². The van der Waals surface area contributed by atoms with Crippen molar-refractivity contribution in [1.29, 1.82) is 0 Å². The normalized spacial score (nSPS) is 23.2. The number of rotatable bonds is 1.